The van der Waals surface area contributed by atoms with Gasteiger partial charge in [0, 0.05) is 0 Å². The number of rotatable bonds is 2. The molecule has 114 valence electrons. The maximum Gasteiger partial charge on any atom is 0.340 e. The van der Waals surface area contributed by atoms with Crippen LogP contribution in [0.1, 0.15) is 44.2 Å². The molecule has 2 aromatic carbocycles. The number of amides is 2. The van der Waals surface area contributed by atoms with Gasteiger partial charge < -0.3 is 4.84 Å². The van der Waals surface area contributed by atoms with Crippen molar-refractivity contribution in [3.63, 3.8) is 0 Å². The van der Waals surface area contributed by atoms with Gasteiger partial charge in [-0.25, -0.2) is 4.79 Å². The molecule has 0 unspecified atom stereocenters. The highest BCUT2D eigenvalue weighted by Crippen LogP contribution is 2.34. The maximum atomic E-state index is 12.4. The summed E-state index contributed by atoms with van der Waals surface area (Å²) in [5, 5.41) is 0.577. The fourth-order valence-electron chi connectivity index (χ4n) is 3.21. The van der Waals surface area contributed by atoms with E-state index in [0.717, 1.165) is 17.5 Å². The Bertz CT molecular complexity index is 807. The van der Waals surface area contributed by atoms with Gasteiger partial charge in [0.15, 0.2) is 0 Å². The number of carbonyl (C=O) groups excluding carboxylic acids is 3. The van der Waals surface area contributed by atoms with Crippen molar-refractivity contribution in [2.24, 2.45) is 0 Å². The lowest BCUT2D eigenvalue weighted by molar-refractivity contribution is -0.170. The molecule has 0 bridgehead atoms. The molecular weight excluding hydrogens is 294 g/mol. The number of carbonyl (C=O) groups is 3. The Kier molecular flexibility index (Phi) is 3.01. The van der Waals surface area contributed by atoms with Crippen LogP contribution in [-0.2, 0) is 16.1 Å². The molecule has 0 fully saturated rings. The quantitative estimate of drug-likeness (QED) is 0.800. The van der Waals surface area contributed by atoms with Gasteiger partial charge in [0.1, 0.15) is 0 Å². The number of hydrogen-bond donors (Lipinski definition) is 0. The van der Waals surface area contributed by atoms with Crippen LogP contribution in [0.2, 0.25) is 0 Å². The molecule has 2 aliphatic rings. The van der Waals surface area contributed by atoms with Crippen molar-refractivity contribution in [1.29, 1.82) is 0 Å². The monoisotopic (exact) mass is 307 g/mol. The third-order valence-electron chi connectivity index (χ3n) is 4.36. The van der Waals surface area contributed by atoms with Crippen LogP contribution >= 0.6 is 0 Å². The normalized spacial score (nSPS) is 18.8. The van der Waals surface area contributed by atoms with Crippen molar-refractivity contribution in [2.45, 2.75) is 18.8 Å². The lowest BCUT2D eigenvalue weighted by Crippen LogP contribution is -2.34. The first-order valence-corrected chi connectivity index (χ1v) is 7.44. The van der Waals surface area contributed by atoms with Crippen LogP contribution in [0.5, 0.6) is 0 Å². The van der Waals surface area contributed by atoms with Crippen LogP contribution in [0.25, 0.3) is 0 Å². The summed E-state index contributed by atoms with van der Waals surface area (Å²) in [6, 6.07) is 14.1. The zero-order valence-electron chi connectivity index (χ0n) is 12.2. The van der Waals surface area contributed by atoms with Crippen LogP contribution in [-0.4, -0.2) is 22.8 Å². The summed E-state index contributed by atoms with van der Waals surface area (Å²) < 4.78 is 0. The average molecular weight is 307 g/mol. The molecule has 4 rings (SSSR count). The van der Waals surface area contributed by atoms with Crippen LogP contribution in [0.4, 0.5) is 0 Å². The lowest BCUT2D eigenvalue weighted by atomic mass is 10.0. The SMILES string of the molecule is O=C(ON1C(=O)c2ccccc2C1=O)[C@@H]1CCc2ccccc21. The minimum atomic E-state index is -0.592. The molecule has 0 N–H and O–H groups in total. The smallest absolute Gasteiger partial charge is 0.329 e. The highest BCUT2D eigenvalue weighted by molar-refractivity contribution is 6.20. The molecule has 1 aliphatic carbocycles. The first-order valence-electron chi connectivity index (χ1n) is 7.44. The predicted octanol–water partition coefficient (Wildman–Crippen LogP) is 2.47. The summed E-state index contributed by atoms with van der Waals surface area (Å²) in [6.07, 6.45) is 1.42. The highest BCUT2D eigenvalue weighted by Gasteiger charge is 2.40. The summed E-state index contributed by atoms with van der Waals surface area (Å²) in [5.74, 6) is -2.18. The van der Waals surface area contributed by atoms with E-state index in [1.54, 1.807) is 24.3 Å². The molecule has 1 heterocycles. The van der Waals surface area contributed by atoms with Gasteiger partial charge in [-0.1, -0.05) is 41.5 Å². The van der Waals surface area contributed by atoms with Crippen molar-refractivity contribution < 1.29 is 19.2 Å². The van der Waals surface area contributed by atoms with E-state index >= 15 is 0 Å². The first-order chi connectivity index (χ1) is 11.2. The van der Waals surface area contributed by atoms with Gasteiger partial charge in [0.2, 0.25) is 0 Å². The van der Waals surface area contributed by atoms with E-state index in [1.807, 2.05) is 24.3 Å². The Labute approximate surface area is 132 Å². The molecule has 1 aliphatic heterocycles. The van der Waals surface area contributed by atoms with Crippen molar-refractivity contribution >= 4 is 17.8 Å². The molecule has 0 aromatic heterocycles. The van der Waals surface area contributed by atoms with Crippen molar-refractivity contribution in [2.75, 3.05) is 0 Å². The molecule has 2 aromatic rings. The molecular formula is C18H13NO4. The van der Waals surface area contributed by atoms with Gasteiger partial charge >= 0.3 is 5.97 Å². The summed E-state index contributed by atoms with van der Waals surface area (Å²) in [5.41, 5.74) is 2.54. The Balaban J connectivity index is 1.57. The van der Waals surface area contributed by atoms with E-state index in [-0.39, 0.29) is 11.1 Å². The van der Waals surface area contributed by atoms with Gasteiger partial charge in [-0.3, -0.25) is 9.59 Å². The number of hydroxylamine groups is 2. The van der Waals surface area contributed by atoms with Crippen LogP contribution in [0.15, 0.2) is 48.5 Å². The first kappa shape index (κ1) is 13.7. The fraction of sp³-hybridized carbons (Fsp3) is 0.167. The Hall–Kier alpha value is -2.95. The summed E-state index contributed by atoms with van der Waals surface area (Å²) in [4.78, 5) is 42.1. The number of fused-ring (bicyclic) bond motifs is 2. The zero-order chi connectivity index (χ0) is 16.0. The number of aryl methyl sites for hydroxylation is 1. The van der Waals surface area contributed by atoms with Gasteiger partial charge in [-0.15, -0.1) is 0 Å². The second-order valence-electron chi connectivity index (χ2n) is 5.65. The highest BCUT2D eigenvalue weighted by atomic mass is 16.7. The van der Waals surface area contributed by atoms with Gasteiger partial charge in [-0.2, -0.15) is 0 Å². The molecule has 23 heavy (non-hydrogen) atoms. The molecule has 0 saturated carbocycles. The van der Waals surface area contributed by atoms with Crippen molar-refractivity contribution in [3.05, 3.63) is 70.8 Å². The van der Waals surface area contributed by atoms with Gasteiger partial charge in [0.25, 0.3) is 11.8 Å². The zero-order valence-corrected chi connectivity index (χ0v) is 12.2. The van der Waals surface area contributed by atoms with E-state index < -0.39 is 23.7 Å². The average Bonchev–Trinajstić information content (AvgIpc) is 3.11. The predicted molar refractivity (Wildman–Crippen MR) is 80.5 cm³/mol. The Morgan fingerprint density at radius 3 is 2.26 bits per heavy atom. The molecule has 0 radical (unpaired) electrons. The molecule has 5 nitrogen and oxygen atoms in total. The molecule has 5 heteroatoms. The minimum Gasteiger partial charge on any atom is -0.329 e. The number of imide groups is 1. The topological polar surface area (TPSA) is 63.7 Å². The minimum absolute atomic E-state index is 0.261. The fourth-order valence-corrected chi connectivity index (χ4v) is 3.21. The second-order valence-corrected chi connectivity index (χ2v) is 5.65. The van der Waals surface area contributed by atoms with E-state index in [9.17, 15) is 14.4 Å². The Morgan fingerprint density at radius 1 is 0.957 bits per heavy atom. The molecule has 0 spiro atoms. The third kappa shape index (κ3) is 2.04. The number of benzene rings is 2. The van der Waals surface area contributed by atoms with E-state index in [4.69, 9.17) is 4.84 Å². The molecule has 0 saturated heterocycles. The largest absolute Gasteiger partial charge is 0.340 e. The Morgan fingerprint density at radius 2 is 1.57 bits per heavy atom. The summed E-state index contributed by atoms with van der Waals surface area (Å²) in [6.45, 7) is 0. The molecule has 1 atom stereocenters. The van der Waals surface area contributed by atoms with Gasteiger partial charge in [0.05, 0.1) is 17.0 Å². The van der Waals surface area contributed by atoms with Crippen molar-refractivity contribution in [3.8, 4) is 0 Å². The van der Waals surface area contributed by atoms with Crippen LogP contribution < -0.4 is 0 Å². The second kappa shape index (κ2) is 5.05. The molecule has 2 amide bonds. The lowest BCUT2D eigenvalue weighted by Gasteiger charge is -2.16. The number of hydrogen-bond acceptors (Lipinski definition) is 4. The van der Waals surface area contributed by atoms with E-state index in [2.05, 4.69) is 0 Å². The van der Waals surface area contributed by atoms with E-state index in [1.165, 1.54) is 0 Å². The summed E-state index contributed by atoms with van der Waals surface area (Å²) >= 11 is 0. The van der Waals surface area contributed by atoms with Crippen molar-refractivity contribution in [1.82, 2.24) is 5.06 Å². The maximum absolute atomic E-state index is 12.4. The summed E-state index contributed by atoms with van der Waals surface area (Å²) in [7, 11) is 0. The standard InChI is InChI=1S/C18H13NO4/c20-16-13-7-3-4-8-14(13)17(21)19(16)23-18(22)15-10-9-11-5-1-2-6-12(11)15/h1-8,15H,9-10H2/t15-/m1/s1. The van der Waals surface area contributed by atoms with Gasteiger partial charge in [-0.05, 0) is 36.1 Å². The van der Waals surface area contributed by atoms with Crippen LogP contribution in [0.3, 0.4) is 0 Å². The third-order valence-corrected chi connectivity index (χ3v) is 4.36. The number of nitrogens with zero attached hydrogens (tertiary/aromatic N) is 1. The van der Waals surface area contributed by atoms with E-state index in [0.29, 0.717) is 11.5 Å². The van der Waals surface area contributed by atoms with Crippen LogP contribution in [0, 0.1) is 0 Å².